The van der Waals surface area contributed by atoms with E-state index in [0.29, 0.717) is 0 Å². The molecule has 0 radical (unpaired) electrons. The van der Waals surface area contributed by atoms with Gasteiger partial charge >= 0.3 is 0 Å². The quantitative estimate of drug-likeness (QED) is 0.434. The number of benzene rings is 4. The first-order chi connectivity index (χ1) is 12.9. The molecule has 1 heterocycles. The fourth-order valence-electron chi connectivity index (χ4n) is 3.96. The highest BCUT2D eigenvalue weighted by Crippen LogP contribution is 2.51. The lowest BCUT2D eigenvalue weighted by Gasteiger charge is -2.41. The Morgan fingerprint density at radius 2 is 0.962 bits per heavy atom. The molecule has 1 aliphatic heterocycles. The normalized spacial score (nSPS) is 14.0. The summed E-state index contributed by atoms with van der Waals surface area (Å²) < 4.78 is 6.82. The van der Waals surface area contributed by atoms with Crippen LogP contribution in [0.4, 0.5) is 0 Å². The molecule has 0 atom stereocenters. The van der Waals surface area contributed by atoms with Crippen LogP contribution in [-0.4, -0.2) is 0 Å². The van der Waals surface area contributed by atoms with Crippen molar-refractivity contribution in [3.8, 4) is 16.9 Å². The molecule has 0 N–H and O–H groups in total. The molecule has 1 aliphatic rings. The van der Waals surface area contributed by atoms with Crippen molar-refractivity contribution in [1.82, 2.24) is 0 Å². The van der Waals surface area contributed by atoms with Gasteiger partial charge in [0.05, 0.1) is 0 Å². The summed E-state index contributed by atoms with van der Waals surface area (Å²) in [5, 5.41) is 0. The van der Waals surface area contributed by atoms with E-state index in [-0.39, 0.29) is 0 Å². The zero-order valence-corrected chi connectivity index (χ0v) is 14.3. The Morgan fingerprint density at radius 1 is 0.462 bits per heavy atom. The molecular weight excluding hydrogens is 316 g/mol. The summed E-state index contributed by atoms with van der Waals surface area (Å²) in [5.41, 5.74) is 5.15. The minimum Gasteiger partial charge on any atom is -0.472 e. The zero-order valence-electron chi connectivity index (χ0n) is 14.3. The Hall–Kier alpha value is -3.32. The Balaban J connectivity index is 1.90. The SMILES string of the molecule is c1ccc(C2(c3ccccc3)Oc3ccccc3-c3ccccc32)cc1. The maximum Gasteiger partial charge on any atom is 0.185 e. The first-order valence-corrected chi connectivity index (χ1v) is 8.88. The van der Waals surface area contributed by atoms with Gasteiger partial charge in [-0.2, -0.15) is 0 Å². The Kier molecular flexibility index (Phi) is 3.39. The number of hydrogen-bond acceptors (Lipinski definition) is 1. The van der Waals surface area contributed by atoms with E-state index < -0.39 is 5.60 Å². The zero-order chi connectivity index (χ0) is 17.4. The highest BCUT2D eigenvalue weighted by molar-refractivity contribution is 5.79. The van der Waals surface area contributed by atoms with Crippen LogP contribution in [0, 0.1) is 0 Å². The van der Waals surface area contributed by atoms with Gasteiger partial charge in [-0.25, -0.2) is 0 Å². The summed E-state index contributed by atoms with van der Waals surface area (Å²) in [4.78, 5) is 0. The highest BCUT2D eigenvalue weighted by atomic mass is 16.5. The summed E-state index contributed by atoms with van der Waals surface area (Å²) in [5.74, 6) is 0.916. The molecule has 0 spiro atoms. The minimum absolute atomic E-state index is 0.659. The second kappa shape index (κ2) is 5.89. The van der Waals surface area contributed by atoms with Gasteiger partial charge in [0.25, 0.3) is 0 Å². The predicted molar refractivity (Wildman–Crippen MR) is 105 cm³/mol. The third kappa shape index (κ3) is 2.11. The predicted octanol–water partition coefficient (Wildman–Crippen LogP) is 6.04. The second-order valence-corrected chi connectivity index (χ2v) is 6.56. The topological polar surface area (TPSA) is 9.23 Å². The van der Waals surface area contributed by atoms with Crippen molar-refractivity contribution < 1.29 is 4.74 Å². The second-order valence-electron chi connectivity index (χ2n) is 6.56. The van der Waals surface area contributed by atoms with Crippen molar-refractivity contribution in [1.29, 1.82) is 0 Å². The number of rotatable bonds is 2. The average molecular weight is 334 g/mol. The van der Waals surface area contributed by atoms with Gasteiger partial charge in [0.1, 0.15) is 5.75 Å². The van der Waals surface area contributed by atoms with Gasteiger partial charge in [-0.1, -0.05) is 103 Å². The van der Waals surface area contributed by atoms with E-state index in [0.717, 1.165) is 22.4 Å². The number of para-hydroxylation sites is 1. The van der Waals surface area contributed by atoms with E-state index in [1.54, 1.807) is 0 Å². The molecule has 5 rings (SSSR count). The molecular formula is C25H18O. The van der Waals surface area contributed by atoms with Crippen LogP contribution >= 0.6 is 0 Å². The lowest BCUT2D eigenvalue weighted by Crippen LogP contribution is -2.38. The van der Waals surface area contributed by atoms with Gasteiger partial charge in [0.2, 0.25) is 0 Å². The van der Waals surface area contributed by atoms with E-state index in [4.69, 9.17) is 4.74 Å². The Morgan fingerprint density at radius 3 is 1.62 bits per heavy atom. The summed E-state index contributed by atoms with van der Waals surface area (Å²) in [6.45, 7) is 0. The van der Waals surface area contributed by atoms with Gasteiger partial charge in [0, 0.05) is 22.3 Å². The van der Waals surface area contributed by atoms with Crippen molar-refractivity contribution in [3.05, 3.63) is 126 Å². The van der Waals surface area contributed by atoms with Crippen molar-refractivity contribution in [2.75, 3.05) is 0 Å². The molecule has 4 aromatic carbocycles. The van der Waals surface area contributed by atoms with Crippen LogP contribution in [0.5, 0.6) is 5.75 Å². The molecule has 0 saturated carbocycles. The third-order valence-corrected chi connectivity index (χ3v) is 5.11. The molecule has 1 nitrogen and oxygen atoms in total. The first kappa shape index (κ1) is 15.0. The van der Waals surface area contributed by atoms with Crippen LogP contribution < -0.4 is 4.74 Å². The van der Waals surface area contributed by atoms with Gasteiger partial charge < -0.3 is 4.74 Å². The van der Waals surface area contributed by atoms with Crippen LogP contribution in [0.3, 0.4) is 0 Å². The van der Waals surface area contributed by atoms with Crippen LogP contribution in [0.25, 0.3) is 11.1 Å². The highest BCUT2D eigenvalue weighted by Gasteiger charge is 2.43. The van der Waals surface area contributed by atoms with Crippen molar-refractivity contribution in [2.24, 2.45) is 0 Å². The fourth-order valence-corrected chi connectivity index (χ4v) is 3.96. The molecule has 0 bridgehead atoms. The molecule has 1 heteroatoms. The van der Waals surface area contributed by atoms with Gasteiger partial charge in [-0.05, 0) is 11.6 Å². The molecule has 124 valence electrons. The van der Waals surface area contributed by atoms with E-state index >= 15 is 0 Å². The summed E-state index contributed by atoms with van der Waals surface area (Å²) in [7, 11) is 0. The lowest BCUT2D eigenvalue weighted by atomic mass is 9.75. The largest absolute Gasteiger partial charge is 0.472 e. The van der Waals surface area contributed by atoms with Gasteiger partial charge in [-0.3, -0.25) is 0 Å². The lowest BCUT2D eigenvalue weighted by molar-refractivity contribution is 0.152. The average Bonchev–Trinajstić information content (AvgIpc) is 2.74. The molecule has 0 unspecified atom stereocenters. The first-order valence-electron chi connectivity index (χ1n) is 8.88. The van der Waals surface area contributed by atoms with Crippen LogP contribution in [-0.2, 0) is 5.60 Å². The molecule has 0 amide bonds. The molecule has 26 heavy (non-hydrogen) atoms. The third-order valence-electron chi connectivity index (χ3n) is 5.11. The van der Waals surface area contributed by atoms with E-state index in [2.05, 4.69) is 91.0 Å². The summed E-state index contributed by atoms with van der Waals surface area (Å²) >= 11 is 0. The molecule has 0 fully saturated rings. The van der Waals surface area contributed by atoms with E-state index in [9.17, 15) is 0 Å². The van der Waals surface area contributed by atoms with Crippen molar-refractivity contribution in [3.63, 3.8) is 0 Å². The fraction of sp³-hybridized carbons (Fsp3) is 0.0400. The maximum atomic E-state index is 6.82. The Labute approximate surface area is 153 Å². The summed E-state index contributed by atoms with van der Waals surface area (Å²) in [6.07, 6.45) is 0. The molecule has 0 aliphatic carbocycles. The monoisotopic (exact) mass is 334 g/mol. The number of fused-ring (bicyclic) bond motifs is 3. The minimum atomic E-state index is -0.659. The smallest absolute Gasteiger partial charge is 0.185 e. The van der Waals surface area contributed by atoms with Crippen LogP contribution in [0.15, 0.2) is 109 Å². The summed E-state index contributed by atoms with van der Waals surface area (Å²) in [6, 6.07) is 37.9. The maximum absolute atomic E-state index is 6.82. The van der Waals surface area contributed by atoms with Crippen molar-refractivity contribution in [2.45, 2.75) is 5.60 Å². The molecule has 0 aromatic heterocycles. The number of hydrogen-bond donors (Lipinski definition) is 0. The van der Waals surface area contributed by atoms with Crippen molar-refractivity contribution >= 4 is 0 Å². The van der Waals surface area contributed by atoms with E-state index in [1.807, 2.05) is 18.2 Å². The Bertz CT molecular complexity index is 1010. The number of ether oxygens (including phenoxy) is 1. The van der Waals surface area contributed by atoms with Gasteiger partial charge in [-0.15, -0.1) is 0 Å². The van der Waals surface area contributed by atoms with Gasteiger partial charge in [0.15, 0.2) is 5.60 Å². The standard InChI is InChI=1S/C25H18O/c1-3-11-19(12-4-1)25(20-13-5-2-6-14-20)23-17-9-7-15-21(23)22-16-8-10-18-24(22)26-25/h1-18H. The van der Waals surface area contributed by atoms with Crippen LogP contribution in [0.1, 0.15) is 16.7 Å². The molecule has 4 aromatic rings. The molecule has 0 saturated heterocycles. The van der Waals surface area contributed by atoms with Crippen LogP contribution in [0.2, 0.25) is 0 Å². The van der Waals surface area contributed by atoms with E-state index in [1.165, 1.54) is 11.1 Å².